The van der Waals surface area contributed by atoms with Gasteiger partial charge in [0.2, 0.25) is 0 Å². The summed E-state index contributed by atoms with van der Waals surface area (Å²) in [5.74, 6) is 0. The minimum atomic E-state index is -4.67. The molecule has 0 unspecified atom stereocenters. The van der Waals surface area contributed by atoms with Crippen LogP contribution in [-0.2, 0) is 10.4 Å². The molecule has 0 aliphatic carbocycles. The molecule has 76 valence electrons. The molecule has 0 heterocycles. The monoisotopic (exact) mass is 204 g/mol. The number of unbranched alkanes of at least 4 members (excludes halogenated alkanes) is 4. The van der Waals surface area contributed by atoms with Crippen LogP contribution < -0.4 is 18.9 Å². The van der Waals surface area contributed by atoms with Gasteiger partial charge in [-0.05, 0) is 0 Å². The van der Waals surface area contributed by atoms with E-state index in [1.54, 1.807) is 0 Å². The first kappa shape index (κ1) is 19.1. The van der Waals surface area contributed by atoms with Crippen molar-refractivity contribution in [2.24, 2.45) is 0 Å². The third-order valence-electron chi connectivity index (χ3n) is 1.10. The van der Waals surface area contributed by atoms with Crippen molar-refractivity contribution < 1.29 is 36.4 Å². The van der Waals surface area contributed by atoms with Crippen LogP contribution in [0.1, 0.15) is 39.0 Å². The van der Waals surface area contributed by atoms with E-state index in [1.807, 2.05) is 0 Å². The molecule has 0 radical (unpaired) electrons. The Labute approximate surface area is 92.9 Å². The summed E-state index contributed by atoms with van der Waals surface area (Å²) in [6.45, 7) is 5.98. The second-order valence-corrected chi connectivity index (χ2v) is 3.26. The first-order chi connectivity index (χ1) is 5.41. The fourth-order valence-electron chi connectivity index (χ4n) is 0.604. The van der Waals surface area contributed by atoms with E-state index in [0.29, 0.717) is 0 Å². The summed E-state index contributed by atoms with van der Waals surface area (Å²) in [5.41, 5.74) is 0. The standard InChI is InChI=1S/C7H15.Li.H2O4S/c1-3-5-7-6-4-2;;1-5(2,3)4/h1,3-7H2,2H3;;(H2,1,2,3,4)/q-1;+1;. The minimum absolute atomic E-state index is 0. The van der Waals surface area contributed by atoms with Gasteiger partial charge < -0.3 is 6.92 Å². The molecular weight excluding hydrogens is 187 g/mol. The average molecular weight is 204 g/mol. The zero-order chi connectivity index (χ0) is 10.0. The summed E-state index contributed by atoms with van der Waals surface area (Å²) < 4.78 is 31.6. The van der Waals surface area contributed by atoms with Crippen LogP contribution in [0.5, 0.6) is 0 Å². The van der Waals surface area contributed by atoms with E-state index in [-0.39, 0.29) is 18.9 Å². The van der Waals surface area contributed by atoms with Crippen LogP contribution in [0.2, 0.25) is 0 Å². The molecule has 0 aromatic carbocycles. The number of hydrogen-bond donors (Lipinski definition) is 2. The molecule has 0 aromatic rings. The third kappa shape index (κ3) is 68.4. The predicted octanol–water partition coefficient (Wildman–Crippen LogP) is -0.858. The molecule has 4 nitrogen and oxygen atoms in total. The van der Waals surface area contributed by atoms with Gasteiger partial charge in [0.25, 0.3) is 0 Å². The van der Waals surface area contributed by atoms with Crippen molar-refractivity contribution in [3.63, 3.8) is 0 Å². The molecule has 0 fully saturated rings. The Morgan fingerprint density at radius 2 is 1.54 bits per heavy atom. The molecule has 0 aliphatic rings. The molecule has 6 heteroatoms. The van der Waals surface area contributed by atoms with Crippen LogP contribution in [0.25, 0.3) is 0 Å². The fourth-order valence-corrected chi connectivity index (χ4v) is 0.604. The Kier molecular flexibility index (Phi) is 18.3. The molecule has 13 heavy (non-hydrogen) atoms. The molecule has 0 saturated carbocycles. The molecule has 0 amide bonds. The van der Waals surface area contributed by atoms with Gasteiger partial charge in [0, 0.05) is 0 Å². The maximum absolute atomic E-state index is 8.74. The van der Waals surface area contributed by atoms with E-state index in [9.17, 15) is 0 Å². The van der Waals surface area contributed by atoms with Gasteiger partial charge in [0.15, 0.2) is 0 Å². The zero-order valence-corrected chi connectivity index (χ0v) is 9.18. The molecule has 0 aliphatic heterocycles. The zero-order valence-electron chi connectivity index (χ0n) is 8.36. The van der Waals surface area contributed by atoms with Gasteiger partial charge >= 0.3 is 29.3 Å². The maximum Gasteiger partial charge on any atom is 1.00 e. The second kappa shape index (κ2) is 12.5. The van der Waals surface area contributed by atoms with Gasteiger partial charge in [-0.25, -0.2) is 0 Å². The third-order valence-corrected chi connectivity index (χ3v) is 1.10. The number of hydrogen-bond acceptors (Lipinski definition) is 2. The normalized spacial score (nSPS) is 9.54. The Morgan fingerprint density at radius 1 is 1.15 bits per heavy atom. The van der Waals surface area contributed by atoms with Crippen molar-refractivity contribution in [2.75, 3.05) is 0 Å². The molecule has 0 bridgehead atoms. The molecular formula is C7H17LiO4S. The molecule has 0 saturated heterocycles. The Bertz CT molecular complexity index is 155. The van der Waals surface area contributed by atoms with Gasteiger partial charge in [0.1, 0.15) is 0 Å². The van der Waals surface area contributed by atoms with Gasteiger partial charge in [-0.3, -0.25) is 9.11 Å². The van der Waals surface area contributed by atoms with E-state index in [2.05, 4.69) is 13.8 Å². The van der Waals surface area contributed by atoms with E-state index in [1.165, 1.54) is 25.7 Å². The van der Waals surface area contributed by atoms with Crippen LogP contribution in [0.15, 0.2) is 0 Å². The molecule has 0 aromatic heterocycles. The van der Waals surface area contributed by atoms with Crippen LogP contribution in [0.3, 0.4) is 0 Å². The van der Waals surface area contributed by atoms with Crippen LogP contribution in [-0.4, -0.2) is 17.5 Å². The summed E-state index contributed by atoms with van der Waals surface area (Å²) in [6.07, 6.45) is 6.52. The summed E-state index contributed by atoms with van der Waals surface area (Å²) in [5, 5.41) is 0. The Balaban J connectivity index is -0.000000150. The van der Waals surface area contributed by atoms with E-state index in [0.717, 1.165) is 6.42 Å². The van der Waals surface area contributed by atoms with Gasteiger partial charge in [-0.2, -0.15) is 14.8 Å². The fraction of sp³-hybridized carbons (Fsp3) is 0.857. The van der Waals surface area contributed by atoms with Crippen molar-refractivity contribution in [1.29, 1.82) is 0 Å². The summed E-state index contributed by atoms with van der Waals surface area (Å²) in [4.78, 5) is 0. The predicted molar refractivity (Wildman–Crippen MR) is 48.3 cm³/mol. The van der Waals surface area contributed by atoms with E-state index < -0.39 is 10.4 Å². The van der Waals surface area contributed by atoms with Crippen LogP contribution in [0, 0.1) is 6.92 Å². The minimum Gasteiger partial charge on any atom is -0.343 e. The van der Waals surface area contributed by atoms with E-state index >= 15 is 0 Å². The summed E-state index contributed by atoms with van der Waals surface area (Å²) >= 11 is 0. The van der Waals surface area contributed by atoms with Crippen molar-refractivity contribution >= 4 is 10.4 Å². The molecule has 0 atom stereocenters. The van der Waals surface area contributed by atoms with Crippen molar-refractivity contribution in [1.82, 2.24) is 0 Å². The maximum atomic E-state index is 8.74. The topological polar surface area (TPSA) is 74.6 Å². The Hall–Kier alpha value is 0.467. The van der Waals surface area contributed by atoms with E-state index in [4.69, 9.17) is 17.5 Å². The van der Waals surface area contributed by atoms with Crippen molar-refractivity contribution in [3.05, 3.63) is 6.92 Å². The first-order valence-electron chi connectivity index (χ1n) is 3.91. The summed E-state index contributed by atoms with van der Waals surface area (Å²) in [7, 11) is -4.67. The smallest absolute Gasteiger partial charge is 0.343 e. The largest absolute Gasteiger partial charge is 1.00 e. The van der Waals surface area contributed by atoms with Gasteiger partial charge in [-0.15, -0.1) is 0 Å². The SMILES string of the molecule is O=S(=O)(O)O.[CH2-]CCCCCC.[Li+]. The van der Waals surface area contributed by atoms with Crippen LogP contribution >= 0.6 is 0 Å². The number of rotatable bonds is 4. The first-order valence-corrected chi connectivity index (χ1v) is 5.30. The second-order valence-electron chi connectivity index (χ2n) is 2.36. The Morgan fingerprint density at radius 3 is 1.77 bits per heavy atom. The quantitative estimate of drug-likeness (QED) is 0.270. The summed E-state index contributed by atoms with van der Waals surface area (Å²) in [6, 6.07) is 0. The molecule has 0 rings (SSSR count). The van der Waals surface area contributed by atoms with Gasteiger partial charge in [-0.1, -0.05) is 32.6 Å². The van der Waals surface area contributed by atoms with Crippen LogP contribution in [0.4, 0.5) is 0 Å². The van der Waals surface area contributed by atoms with Gasteiger partial charge in [0.05, 0.1) is 0 Å². The van der Waals surface area contributed by atoms with Crippen molar-refractivity contribution in [2.45, 2.75) is 39.0 Å². The molecule has 0 spiro atoms. The average Bonchev–Trinajstić information content (AvgIpc) is 1.85. The van der Waals surface area contributed by atoms with Crippen molar-refractivity contribution in [3.8, 4) is 0 Å². The molecule has 2 N–H and O–H groups in total.